The second kappa shape index (κ2) is 9.78. The number of benzene rings is 1. The van der Waals surface area contributed by atoms with E-state index in [9.17, 15) is 4.79 Å². The average molecular weight is 445 g/mol. The molecule has 28 heavy (non-hydrogen) atoms. The van der Waals surface area contributed by atoms with Gasteiger partial charge in [0.15, 0.2) is 5.13 Å². The first-order chi connectivity index (χ1) is 12.6. The summed E-state index contributed by atoms with van der Waals surface area (Å²) in [6.45, 7) is 0. The van der Waals surface area contributed by atoms with Crippen LogP contribution in [0.3, 0.4) is 0 Å². The predicted molar refractivity (Wildman–Crippen MR) is 118 cm³/mol. The molecule has 2 aromatic rings. The minimum atomic E-state index is 0. The number of piperidine rings is 1. The van der Waals surface area contributed by atoms with Crippen LogP contribution in [0.5, 0.6) is 5.75 Å². The number of anilines is 2. The number of hydrogen-bond acceptors (Lipinski definition) is 6. The summed E-state index contributed by atoms with van der Waals surface area (Å²) in [5, 5.41) is 9.42. The molecule has 2 saturated heterocycles. The highest BCUT2D eigenvalue weighted by Gasteiger charge is 2.36. The first-order valence-electron chi connectivity index (χ1n) is 9.02. The number of fused-ring (bicyclic) bond motifs is 2. The zero-order valence-electron chi connectivity index (χ0n) is 15.9. The monoisotopic (exact) mass is 444 g/mol. The van der Waals surface area contributed by atoms with Gasteiger partial charge < -0.3 is 20.3 Å². The number of thiazole rings is 1. The Balaban J connectivity index is 0.00000140. The molecule has 1 aromatic carbocycles. The molecule has 2 unspecified atom stereocenters. The number of carbonyl (C=O) groups is 1. The highest BCUT2D eigenvalue weighted by atomic mass is 35.5. The molecule has 2 aliphatic heterocycles. The molecule has 6 nitrogen and oxygen atoms in total. The molecule has 0 aliphatic carbocycles. The van der Waals surface area contributed by atoms with Gasteiger partial charge in [-0.1, -0.05) is 0 Å². The number of halogens is 2. The van der Waals surface area contributed by atoms with Crippen LogP contribution in [0.4, 0.5) is 10.8 Å². The van der Waals surface area contributed by atoms with Gasteiger partial charge in [-0.2, -0.15) is 0 Å². The third-order valence-corrected chi connectivity index (χ3v) is 6.14. The molecule has 154 valence electrons. The molecule has 3 heterocycles. The van der Waals surface area contributed by atoms with Crippen molar-refractivity contribution < 1.29 is 9.53 Å². The average Bonchev–Trinajstić information content (AvgIpc) is 3.27. The molecular formula is C19H26Cl2N4O2S. The van der Waals surface area contributed by atoms with Crippen molar-refractivity contribution >= 4 is 52.9 Å². The van der Waals surface area contributed by atoms with Gasteiger partial charge in [-0.25, -0.2) is 4.98 Å². The molecule has 4 rings (SSSR count). The summed E-state index contributed by atoms with van der Waals surface area (Å²) in [4.78, 5) is 19.2. The zero-order valence-corrected chi connectivity index (χ0v) is 18.3. The van der Waals surface area contributed by atoms with E-state index in [0.717, 1.165) is 29.4 Å². The van der Waals surface area contributed by atoms with E-state index in [1.54, 1.807) is 7.11 Å². The van der Waals surface area contributed by atoms with Gasteiger partial charge in [0.25, 0.3) is 5.91 Å². The fourth-order valence-corrected chi connectivity index (χ4v) is 4.62. The first-order valence-corrected chi connectivity index (χ1v) is 9.90. The van der Waals surface area contributed by atoms with E-state index in [4.69, 9.17) is 4.74 Å². The molecular weight excluding hydrogens is 419 g/mol. The first kappa shape index (κ1) is 22.7. The van der Waals surface area contributed by atoms with Crippen molar-refractivity contribution in [2.24, 2.45) is 0 Å². The van der Waals surface area contributed by atoms with Crippen LogP contribution in [-0.2, 0) is 0 Å². The summed E-state index contributed by atoms with van der Waals surface area (Å²) >= 11 is 1.45. The van der Waals surface area contributed by atoms with Crippen LogP contribution < -0.4 is 15.4 Å². The minimum absolute atomic E-state index is 0. The number of nitrogens with one attached hydrogen (secondary N) is 2. The Morgan fingerprint density at radius 2 is 1.86 bits per heavy atom. The number of hydrogen-bond donors (Lipinski definition) is 2. The third-order valence-electron chi connectivity index (χ3n) is 5.38. The van der Waals surface area contributed by atoms with Crippen LogP contribution in [0.25, 0.3) is 0 Å². The highest BCUT2D eigenvalue weighted by Crippen LogP contribution is 2.30. The number of nitrogens with zero attached hydrogens (tertiary/aromatic N) is 2. The standard InChI is InChI=1S/C19H24N4O2S.2ClH/c1-23(15-9-13-3-4-14(10-15)20-13)18(24)17-11-26-19(22-17)21-12-5-7-16(25-2)8-6-12;;/h5-8,11,13-15,20H,3-4,9-10H2,1-2H3,(H,21,22);2*1H. The predicted octanol–water partition coefficient (Wildman–Crippen LogP) is 4.09. The summed E-state index contributed by atoms with van der Waals surface area (Å²) in [5.74, 6) is 0.818. The van der Waals surface area contributed by atoms with Crippen molar-refractivity contribution in [3.8, 4) is 5.75 Å². The largest absolute Gasteiger partial charge is 0.497 e. The van der Waals surface area contributed by atoms with Gasteiger partial charge in [-0.3, -0.25) is 4.79 Å². The maximum atomic E-state index is 12.8. The maximum Gasteiger partial charge on any atom is 0.273 e. The lowest BCUT2D eigenvalue weighted by atomic mass is 9.98. The quantitative estimate of drug-likeness (QED) is 0.726. The van der Waals surface area contributed by atoms with Gasteiger partial charge in [0.1, 0.15) is 11.4 Å². The van der Waals surface area contributed by atoms with Crippen molar-refractivity contribution in [2.45, 2.75) is 43.8 Å². The fraction of sp³-hybridized carbons (Fsp3) is 0.474. The van der Waals surface area contributed by atoms with E-state index in [1.807, 2.05) is 41.6 Å². The lowest BCUT2D eigenvalue weighted by molar-refractivity contribution is 0.0676. The second-order valence-corrected chi connectivity index (χ2v) is 7.93. The van der Waals surface area contributed by atoms with Crippen molar-refractivity contribution in [1.82, 2.24) is 15.2 Å². The molecule has 1 amide bonds. The number of carbonyl (C=O) groups excluding carboxylic acids is 1. The van der Waals surface area contributed by atoms with E-state index in [-0.39, 0.29) is 30.7 Å². The number of methoxy groups -OCH3 is 1. The molecule has 1 aromatic heterocycles. The summed E-state index contributed by atoms with van der Waals surface area (Å²) in [6, 6.07) is 9.08. The summed E-state index contributed by atoms with van der Waals surface area (Å²) in [6.07, 6.45) is 4.55. The van der Waals surface area contributed by atoms with E-state index < -0.39 is 0 Å². The van der Waals surface area contributed by atoms with E-state index in [0.29, 0.717) is 23.8 Å². The third kappa shape index (κ3) is 4.89. The smallest absolute Gasteiger partial charge is 0.273 e. The molecule has 2 fully saturated rings. The van der Waals surface area contributed by atoms with Crippen molar-refractivity contribution in [2.75, 3.05) is 19.5 Å². The van der Waals surface area contributed by atoms with Gasteiger partial charge in [0.2, 0.25) is 0 Å². The Labute approximate surface area is 181 Å². The van der Waals surface area contributed by atoms with E-state index >= 15 is 0 Å². The Bertz CT molecular complexity index is 774. The lowest BCUT2D eigenvalue weighted by Crippen LogP contribution is -2.48. The van der Waals surface area contributed by atoms with Gasteiger partial charge in [0, 0.05) is 36.2 Å². The highest BCUT2D eigenvalue weighted by molar-refractivity contribution is 7.14. The normalized spacial score (nSPS) is 22.6. The zero-order chi connectivity index (χ0) is 18.1. The van der Waals surface area contributed by atoms with Crippen LogP contribution in [-0.4, -0.2) is 48.1 Å². The molecule has 0 radical (unpaired) electrons. The minimum Gasteiger partial charge on any atom is -0.497 e. The van der Waals surface area contributed by atoms with Gasteiger partial charge >= 0.3 is 0 Å². The van der Waals surface area contributed by atoms with E-state index in [1.165, 1.54) is 24.2 Å². The Morgan fingerprint density at radius 1 is 1.21 bits per heavy atom. The Kier molecular flexibility index (Phi) is 7.95. The van der Waals surface area contributed by atoms with Crippen molar-refractivity contribution in [3.63, 3.8) is 0 Å². The van der Waals surface area contributed by atoms with Crippen LogP contribution in [0.15, 0.2) is 29.6 Å². The van der Waals surface area contributed by atoms with Crippen molar-refractivity contribution in [3.05, 3.63) is 35.3 Å². The Morgan fingerprint density at radius 3 is 2.46 bits per heavy atom. The van der Waals surface area contributed by atoms with Gasteiger partial charge in [0.05, 0.1) is 7.11 Å². The fourth-order valence-electron chi connectivity index (χ4n) is 3.92. The summed E-state index contributed by atoms with van der Waals surface area (Å²) in [5.41, 5.74) is 1.43. The van der Waals surface area contributed by atoms with Gasteiger partial charge in [-0.15, -0.1) is 36.2 Å². The Hall–Kier alpha value is -1.54. The maximum absolute atomic E-state index is 12.8. The number of aromatic nitrogens is 1. The summed E-state index contributed by atoms with van der Waals surface area (Å²) < 4.78 is 5.16. The molecule has 9 heteroatoms. The van der Waals surface area contributed by atoms with E-state index in [2.05, 4.69) is 15.6 Å². The van der Waals surface area contributed by atoms with Crippen LogP contribution >= 0.6 is 36.2 Å². The molecule has 2 atom stereocenters. The topological polar surface area (TPSA) is 66.5 Å². The molecule has 2 bridgehead atoms. The van der Waals surface area contributed by atoms with Crippen LogP contribution in [0.1, 0.15) is 36.2 Å². The van der Waals surface area contributed by atoms with Gasteiger partial charge in [-0.05, 0) is 49.9 Å². The molecule has 2 aliphatic rings. The molecule has 2 N–H and O–H groups in total. The van der Waals surface area contributed by atoms with Crippen molar-refractivity contribution in [1.29, 1.82) is 0 Å². The number of amides is 1. The molecule has 0 spiro atoms. The van der Waals surface area contributed by atoms with Crippen LogP contribution in [0.2, 0.25) is 0 Å². The lowest BCUT2D eigenvalue weighted by Gasteiger charge is -2.35. The summed E-state index contributed by atoms with van der Waals surface area (Å²) in [7, 11) is 3.55. The number of ether oxygens (including phenoxy) is 1. The number of rotatable bonds is 5. The SMILES string of the molecule is COc1ccc(Nc2nc(C(=O)N(C)C3CC4CCC(C3)N4)cs2)cc1.Cl.Cl. The molecule has 0 saturated carbocycles. The second-order valence-electron chi connectivity index (χ2n) is 7.07. The van der Waals surface area contributed by atoms with Crippen LogP contribution in [0, 0.1) is 0 Å².